The van der Waals surface area contributed by atoms with E-state index in [4.69, 9.17) is 16.6 Å². The topological polar surface area (TPSA) is 61.7 Å². The number of aromatic hydroxyl groups is 1. The number of rotatable bonds is 6. The van der Waals surface area contributed by atoms with E-state index in [0.717, 1.165) is 73.9 Å². The van der Waals surface area contributed by atoms with Crippen molar-refractivity contribution < 1.29 is 14.3 Å². The summed E-state index contributed by atoms with van der Waals surface area (Å²) in [6.07, 6.45) is 9.52. The van der Waals surface area contributed by atoms with E-state index in [-0.39, 0.29) is 22.8 Å². The Morgan fingerprint density at radius 3 is 2.58 bits per heavy atom. The molecule has 0 saturated heterocycles. The van der Waals surface area contributed by atoms with Crippen molar-refractivity contribution in [2.45, 2.75) is 56.9 Å². The fourth-order valence-electron chi connectivity index (χ4n) is 6.04. The van der Waals surface area contributed by atoms with Gasteiger partial charge in [-0.15, -0.1) is 0 Å². The summed E-state index contributed by atoms with van der Waals surface area (Å²) >= 11 is 6.09. The maximum Gasteiger partial charge on any atom is 0.170 e. The number of aliphatic imine (C=N–C) groups is 1. The molecule has 2 aromatic carbocycles. The largest absolute Gasteiger partial charge is 0.504 e. The number of hydrogen-bond acceptors (Lipinski definition) is 4. The minimum absolute atomic E-state index is 0.0149. The van der Waals surface area contributed by atoms with Crippen molar-refractivity contribution >= 4 is 23.1 Å². The zero-order valence-electron chi connectivity index (χ0n) is 20.6. The first kappa shape index (κ1) is 23.9. The lowest BCUT2D eigenvalue weighted by Crippen LogP contribution is -2.27. The number of ketones is 1. The molecule has 188 valence electrons. The van der Waals surface area contributed by atoms with Gasteiger partial charge < -0.3 is 10.4 Å². The molecule has 0 bridgehead atoms. The van der Waals surface area contributed by atoms with Crippen LogP contribution in [0.4, 0.5) is 4.39 Å². The first-order chi connectivity index (χ1) is 17.4. The van der Waals surface area contributed by atoms with Crippen LogP contribution in [0.3, 0.4) is 0 Å². The van der Waals surface area contributed by atoms with Crippen LogP contribution < -0.4 is 5.32 Å². The van der Waals surface area contributed by atoms with E-state index in [0.29, 0.717) is 23.3 Å². The van der Waals surface area contributed by atoms with Gasteiger partial charge in [0.05, 0.1) is 16.8 Å². The monoisotopic (exact) mass is 506 g/mol. The number of benzene rings is 2. The van der Waals surface area contributed by atoms with Crippen LogP contribution >= 0.6 is 11.6 Å². The van der Waals surface area contributed by atoms with Crippen LogP contribution in [-0.4, -0.2) is 36.2 Å². The first-order valence-electron chi connectivity index (χ1n) is 13.2. The standard InChI is InChI=1S/C30H32ClFN2O2/c1-33-15-16-2-7-21(8-3-16)34-28-24-10-18(19-13-26(31)30(36)27(32)14-19)6-9-22(24)23-11-20(23)12-25(28)29(35)17-4-5-17/h6,9-10,12-14,16-17,20-21,23,33,36H,2-5,7-8,11,15H2,1H3. The average molecular weight is 507 g/mol. The number of fused-ring (bicyclic) bond motifs is 3. The van der Waals surface area contributed by atoms with Gasteiger partial charge in [0.2, 0.25) is 0 Å². The van der Waals surface area contributed by atoms with Crippen molar-refractivity contribution in [2.75, 3.05) is 13.6 Å². The summed E-state index contributed by atoms with van der Waals surface area (Å²) in [4.78, 5) is 18.8. The predicted octanol–water partition coefficient (Wildman–Crippen LogP) is 6.44. The van der Waals surface area contributed by atoms with Crippen molar-refractivity contribution in [3.05, 3.63) is 63.9 Å². The third kappa shape index (κ3) is 4.52. The van der Waals surface area contributed by atoms with E-state index in [2.05, 4.69) is 23.5 Å². The molecule has 4 nitrogen and oxygen atoms in total. The van der Waals surface area contributed by atoms with Gasteiger partial charge in [0.1, 0.15) is 0 Å². The molecule has 6 heteroatoms. The van der Waals surface area contributed by atoms with Crippen molar-refractivity contribution in [3.8, 4) is 16.9 Å². The molecule has 0 aromatic heterocycles. The predicted molar refractivity (Wildman–Crippen MR) is 141 cm³/mol. The lowest BCUT2D eigenvalue weighted by atomic mass is 9.85. The molecule has 0 spiro atoms. The molecule has 3 saturated carbocycles. The zero-order valence-corrected chi connectivity index (χ0v) is 21.3. The Morgan fingerprint density at radius 1 is 1.11 bits per heavy atom. The van der Waals surface area contributed by atoms with Crippen molar-refractivity contribution in [1.82, 2.24) is 5.32 Å². The van der Waals surface area contributed by atoms with Gasteiger partial charge in [0, 0.05) is 17.1 Å². The van der Waals surface area contributed by atoms with Gasteiger partial charge in [-0.1, -0.05) is 29.8 Å². The summed E-state index contributed by atoms with van der Waals surface area (Å²) in [6, 6.07) is 9.26. The number of carbonyl (C=O) groups excluding carboxylic acids is 1. The highest BCUT2D eigenvalue weighted by Gasteiger charge is 2.44. The van der Waals surface area contributed by atoms with E-state index < -0.39 is 11.6 Å². The van der Waals surface area contributed by atoms with Crippen molar-refractivity contribution in [3.63, 3.8) is 0 Å². The van der Waals surface area contributed by atoms with Crippen molar-refractivity contribution in [2.24, 2.45) is 22.7 Å². The van der Waals surface area contributed by atoms with Gasteiger partial charge in [-0.3, -0.25) is 9.79 Å². The van der Waals surface area contributed by atoms with E-state index in [9.17, 15) is 14.3 Å². The number of halogens is 2. The molecular formula is C30H32ClFN2O2. The number of phenols is 1. The third-order valence-electron chi connectivity index (χ3n) is 8.37. The summed E-state index contributed by atoms with van der Waals surface area (Å²) in [5, 5.41) is 13.1. The molecule has 6 rings (SSSR count). The second-order valence-electron chi connectivity index (χ2n) is 11.0. The molecule has 36 heavy (non-hydrogen) atoms. The van der Waals surface area contributed by atoms with Crippen LogP contribution in [0.15, 0.2) is 47.0 Å². The van der Waals surface area contributed by atoms with Gasteiger partial charge in [0.15, 0.2) is 17.3 Å². The molecule has 2 unspecified atom stereocenters. The lowest BCUT2D eigenvalue weighted by molar-refractivity contribution is -0.116. The molecule has 3 fully saturated rings. The van der Waals surface area contributed by atoms with E-state index >= 15 is 0 Å². The number of nitrogens with zero attached hydrogens (tertiary/aromatic N) is 1. The van der Waals surface area contributed by atoms with E-state index in [1.54, 1.807) is 6.07 Å². The van der Waals surface area contributed by atoms with Crippen molar-refractivity contribution in [1.29, 1.82) is 0 Å². The van der Waals surface area contributed by atoms with Crippen LogP contribution in [0.1, 0.15) is 62.0 Å². The molecule has 0 heterocycles. The van der Waals surface area contributed by atoms with Crippen LogP contribution in [-0.2, 0) is 4.79 Å². The SMILES string of the molecule is CNCC1CCC(N=C2C(C(=O)C3CC3)=CC3CC3c3ccc(-c4cc(F)c(O)c(Cl)c4)cc32)CC1. The van der Waals surface area contributed by atoms with Crippen LogP contribution in [0.25, 0.3) is 11.1 Å². The smallest absolute Gasteiger partial charge is 0.170 e. The Morgan fingerprint density at radius 2 is 1.89 bits per heavy atom. The van der Waals surface area contributed by atoms with Gasteiger partial charge >= 0.3 is 0 Å². The molecule has 2 N–H and O–H groups in total. The highest BCUT2D eigenvalue weighted by molar-refractivity contribution is 6.32. The Labute approximate surface area is 216 Å². The van der Waals surface area contributed by atoms with Gasteiger partial charge in [-0.2, -0.15) is 0 Å². The number of hydrogen-bond donors (Lipinski definition) is 2. The number of allylic oxidation sites excluding steroid dienone is 2. The first-order valence-corrected chi connectivity index (χ1v) is 13.6. The summed E-state index contributed by atoms with van der Waals surface area (Å²) in [5.74, 6) is 0.547. The molecule has 2 aromatic rings. The quantitative estimate of drug-likeness (QED) is 0.473. The maximum atomic E-state index is 14.3. The molecular weight excluding hydrogens is 475 g/mol. The zero-order chi connectivity index (χ0) is 25.0. The lowest BCUT2D eigenvalue weighted by Gasteiger charge is -2.27. The number of Topliss-reactive ketones (excluding diaryl/α,β-unsaturated/α-hetero) is 1. The Hall–Kier alpha value is -2.50. The Balaban J connectivity index is 1.43. The molecule has 4 aliphatic rings. The fraction of sp³-hybridized carbons (Fsp3) is 0.467. The van der Waals surface area contributed by atoms with E-state index in [1.165, 1.54) is 11.6 Å². The summed E-state index contributed by atoms with van der Waals surface area (Å²) in [6.45, 7) is 1.04. The van der Waals surface area contributed by atoms with Crippen LogP contribution in [0.5, 0.6) is 5.75 Å². The highest BCUT2D eigenvalue weighted by atomic mass is 35.5. The summed E-state index contributed by atoms with van der Waals surface area (Å²) in [5.41, 5.74) is 5.26. The molecule has 0 amide bonds. The summed E-state index contributed by atoms with van der Waals surface area (Å²) in [7, 11) is 2.01. The minimum Gasteiger partial charge on any atom is -0.504 e. The molecule has 0 radical (unpaired) electrons. The number of nitrogens with one attached hydrogen (secondary N) is 1. The highest BCUT2D eigenvalue weighted by Crippen LogP contribution is 2.53. The molecule has 2 atom stereocenters. The fourth-order valence-corrected chi connectivity index (χ4v) is 6.25. The Bertz CT molecular complexity index is 1250. The van der Waals surface area contributed by atoms with Crippen LogP contribution in [0.2, 0.25) is 5.02 Å². The minimum atomic E-state index is -0.744. The summed E-state index contributed by atoms with van der Waals surface area (Å²) < 4.78 is 14.3. The number of carbonyl (C=O) groups is 1. The average Bonchev–Trinajstić information content (AvgIpc) is 3.79. The van der Waals surface area contributed by atoms with Gasteiger partial charge in [-0.05, 0) is 111 Å². The second-order valence-corrected chi connectivity index (χ2v) is 11.4. The Kier molecular flexibility index (Phi) is 6.25. The molecule has 4 aliphatic carbocycles. The normalized spacial score (nSPS) is 28.2. The van der Waals surface area contributed by atoms with Crippen LogP contribution in [0, 0.1) is 23.6 Å². The second kappa shape index (κ2) is 9.42. The third-order valence-corrected chi connectivity index (χ3v) is 8.66. The van der Waals surface area contributed by atoms with Gasteiger partial charge in [-0.25, -0.2) is 4.39 Å². The maximum absolute atomic E-state index is 14.3. The number of phenolic OH excluding ortho intramolecular Hbond substituents is 1. The van der Waals surface area contributed by atoms with Gasteiger partial charge in [0.25, 0.3) is 0 Å². The molecule has 0 aliphatic heterocycles. The van der Waals surface area contributed by atoms with E-state index in [1.807, 2.05) is 13.1 Å².